The topological polar surface area (TPSA) is 150 Å². The van der Waals surface area contributed by atoms with Crippen molar-refractivity contribution in [1.82, 2.24) is 41.9 Å². The van der Waals surface area contributed by atoms with Crippen LogP contribution < -0.4 is 36.9 Å². The SMILES string of the molecule is CC1SC2C(C(c3ccc(C#CC4CCN(C5NCC(C(=O)NC6C(C)(C)C(Oc7ccc(C#N)c(Cl)c7)C6(C)C)CN5)CC4)cc3)=N[C@@H](CC3NCCO3)C3NNC(C)N23)C1C. The minimum Gasteiger partial charge on any atom is -0.489 e. The molecule has 15 heteroatoms. The second-order valence-corrected chi connectivity index (χ2v) is 21.9. The van der Waals surface area contributed by atoms with Crippen LogP contribution in [0.15, 0.2) is 47.5 Å². The number of nitrogens with one attached hydrogen (secondary N) is 6. The maximum absolute atomic E-state index is 13.6. The molecule has 6 N–H and O–H groups in total. The van der Waals surface area contributed by atoms with Gasteiger partial charge in [-0.1, -0.05) is 77.1 Å². The van der Waals surface area contributed by atoms with Crippen LogP contribution in [0.4, 0.5) is 0 Å². The Morgan fingerprint density at radius 2 is 1.76 bits per heavy atom. The molecule has 7 unspecified atom stereocenters. The average molecular weight is 898 g/mol. The molecule has 63 heavy (non-hydrogen) atoms. The molecule has 6 heterocycles. The van der Waals surface area contributed by atoms with Gasteiger partial charge in [-0.2, -0.15) is 5.26 Å². The van der Waals surface area contributed by atoms with Crippen molar-refractivity contribution >= 4 is 35.0 Å². The Balaban J connectivity index is 0.769. The largest absolute Gasteiger partial charge is 0.489 e. The molecular formula is C48H65ClN10O3S. The van der Waals surface area contributed by atoms with E-state index in [1.54, 1.807) is 18.2 Å². The summed E-state index contributed by atoms with van der Waals surface area (Å²) in [5.41, 5.74) is 10.4. The first kappa shape index (κ1) is 44.9. The van der Waals surface area contributed by atoms with Crippen molar-refractivity contribution in [1.29, 1.82) is 5.26 Å². The summed E-state index contributed by atoms with van der Waals surface area (Å²) >= 11 is 8.38. The number of piperidine rings is 1. The molecule has 1 aliphatic carbocycles. The number of hydrogen-bond donors (Lipinski definition) is 6. The lowest BCUT2D eigenvalue weighted by molar-refractivity contribution is -0.174. The van der Waals surface area contributed by atoms with Crippen molar-refractivity contribution in [3.8, 4) is 23.7 Å². The maximum Gasteiger partial charge on any atom is 0.225 e. The average Bonchev–Trinajstić information content (AvgIpc) is 3.99. The van der Waals surface area contributed by atoms with E-state index < -0.39 is 0 Å². The summed E-state index contributed by atoms with van der Waals surface area (Å²) in [7, 11) is 0. The Morgan fingerprint density at radius 1 is 1.03 bits per heavy atom. The third-order valence-electron chi connectivity index (χ3n) is 15.1. The van der Waals surface area contributed by atoms with E-state index in [1.807, 2.05) is 0 Å². The van der Waals surface area contributed by atoms with Gasteiger partial charge in [-0.25, -0.2) is 10.9 Å². The number of amides is 1. The highest BCUT2D eigenvalue weighted by Gasteiger charge is 2.64. The van der Waals surface area contributed by atoms with E-state index >= 15 is 0 Å². The smallest absolute Gasteiger partial charge is 0.225 e. The zero-order valence-corrected chi connectivity index (χ0v) is 39.3. The van der Waals surface area contributed by atoms with Crippen LogP contribution in [0.25, 0.3) is 0 Å². The Hall–Kier alpha value is -3.25. The fraction of sp³-hybridized carbons (Fsp3) is 0.646. The van der Waals surface area contributed by atoms with Crippen LogP contribution in [0.2, 0.25) is 5.02 Å². The minimum atomic E-state index is -0.311. The monoisotopic (exact) mass is 896 g/mol. The van der Waals surface area contributed by atoms with Gasteiger partial charge in [0.25, 0.3) is 0 Å². The summed E-state index contributed by atoms with van der Waals surface area (Å²) in [6, 6.07) is 16.1. The lowest BCUT2D eigenvalue weighted by atomic mass is 9.49. The molecule has 338 valence electrons. The number of benzene rings is 2. The van der Waals surface area contributed by atoms with Crippen molar-refractivity contribution in [2.24, 2.45) is 39.5 Å². The summed E-state index contributed by atoms with van der Waals surface area (Å²) in [6.45, 7) is 20.3. The van der Waals surface area contributed by atoms with Crippen LogP contribution in [-0.4, -0.2) is 114 Å². The quantitative estimate of drug-likeness (QED) is 0.205. The summed E-state index contributed by atoms with van der Waals surface area (Å²) in [4.78, 5) is 24.3. The van der Waals surface area contributed by atoms with Gasteiger partial charge >= 0.3 is 0 Å². The number of thioether (sulfide) groups is 1. The first-order valence-corrected chi connectivity index (χ1v) is 24.4. The maximum atomic E-state index is 13.6. The van der Waals surface area contributed by atoms with Gasteiger partial charge in [-0.05, 0) is 55.5 Å². The van der Waals surface area contributed by atoms with E-state index in [4.69, 9.17) is 26.1 Å². The van der Waals surface area contributed by atoms with Gasteiger partial charge in [0.2, 0.25) is 5.91 Å². The lowest BCUT2D eigenvalue weighted by Gasteiger charge is -2.63. The van der Waals surface area contributed by atoms with E-state index in [0.717, 1.165) is 51.1 Å². The van der Waals surface area contributed by atoms with E-state index in [-0.39, 0.29) is 65.7 Å². The molecule has 6 aliphatic heterocycles. The predicted octanol–water partition coefficient (Wildman–Crippen LogP) is 4.67. The number of rotatable bonds is 8. The number of aliphatic imine (C=N–C) groups is 1. The summed E-state index contributed by atoms with van der Waals surface area (Å²) in [5.74, 6) is 8.79. The minimum absolute atomic E-state index is 0.0196. The highest BCUT2D eigenvalue weighted by atomic mass is 35.5. The normalized spacial score (nSPS) is 36.4. The Kier molecular flexibility index (Phi) is 13.0. The zero-order chi connectivity index (χ0) is 44.2. The van der Waals surface area contributed by atoms with Crippen LogP contribution in [-0.2, 0) is 9.53 Å². The number of fused-ring (bicyclic) bond motifs is 3. The number of carbonyl (C=O) groups is 1. The molecule has 0 aromatic heterocycles. The van der Waals surface area contributed by atoms with Crippen molar-refractivity contribution in [2.45, 2.75) is 121 Å². The fourth-order valence-corrected chi connectivity index (χ4v) is 13.8. The van der Waals surface area contributed by atoms with Gasteiger partial charge in [-0.15, -0.1) is 11.8 Å². The van der Waals surface area contributed by atoms with Crippen LogP contribution in [0.5, 0.6) is 5.75 Å². The number of nitrogens with zero attached hydrogens (tertiary/aromatic N) is 4. The molecule has 2 aromatic carbocycles. The number of ether oxygens (including phenoxy) is 2. The number of nitriles is 1. The number of hydrazine groups is 1. The van der Waals surface area contributed by atoms with Crippen molar-refractivity contribution < 1.29 is 14.3 Å². The molecule has 13 nitrogen and oxygen atoms in total. The fourth-order valence-electron chi connectivity index (χ4n) is 11.7. The lowest BCUT2D eigenvalue weighted by Crippen LogP contribution is -2.75. The van der Waals surface area contributed by atoms with Gasteiger partial charge in [0.05, 0.1) is 46.9 Å². The molecular weight excluding hydrogens is 832 g/mol. The highest BCUT2D eigenvalue weighted by Crippen LogP contribution is 2.56. The number of likely N-dealkylation sites (tertiary alicyclic amines) is 1. The van der Waals surface area contributed by atoms with E-state index in [0.29, 0.717) is 57.8 Å². The van der Waals surface area contributed by atoms with E-state index in [9.17, 15) is 10.1 Å². The van der Waals surface area contributed by atoms with Crippen molar-refractivity contribution in [3.05, 3.63) is 64.2 Å². The predicted molar refractivity (Wildman–Crippen MR) is 249 cm³/mol. The molecule has 5 saturated heterocycles. The molecule has 8 atom stereocenters. The molecule has 0 bridgehead atoms. The zero-order valence-electron chi connectivity index (χ0n) is 37.7. The molecule has 0 spiro atoms. The van der Waals surface area contributed by atoms with E-state index in [1.165, 1.54) is 11.3 Å². The first-order chi connectivity index (χ1) is 30.2. The standard InChI is InChI=1S/C48H65ClN10O3S/c1-27-28(2)63-43-39(27)40(54-37(23-38-51-18-21-61-38)41-57-56-29(3)59(41)43)32-12-10-30(11-13-32)8-9-31-16-19-58(20-17-31)46-52-25-34(26-53-46)42(60)55-44-47(4,5)45(48(44,6)7)62-35-15-14-33(24-50)36(49)22-35/h10-15,22,27-29,31,34,37-39,41,43-46,51-53,56-57H,16-21,23,25-26H2,1-7H3,(H,55,60)/t27?,28?,29?,34?,37-,38?,39?,41?,43?,44?,45?,46?/m0/s1. The molecule has 7 aliphatic rings. The third kappa shape index (κ3) is 8.79. The van der Waals surface area contributed by atoms with Gasteiger partial charge in [0.15, 0.2) is 0 Å². The van der Waals surface area contributed by atoms with Crippen molar-refractivity contribution in [3.63, 3.8) is 0 Å². The molecule has 1 saturated carbocycles. The number of halogens is 1. The molecule has 0 radical (unpaired) electrons. The number of hydrogen-bond acceptors (Lipinski definition) is 13. The van der Waals surface area contributed by atoms with Crippen LogP contribution in [0, 0.1) is 57.7 Å². The second-order valence-electron chi connectivity index (χ2n) is 20.0. The van der Waals surface area contributed by atoms with Gasteiger partial charge in [0.1, 0.15) is 30.4 Å². The Labute approximate surface area is 382 Å². The molecule has 2 aromatic rings. The van der Waals surface area contributed by atoms with Crippen LogP contribution in [0.3, 0.4) is 0 Å². The molecule has 9 rings (SSSR count). The van der Waals surface area contributed by atoms with Gasteiger partial charge in [-0.3, -0.25) is 35.5 Å². The van der Waals surface area contributed by atoms with Crippen LogP contribution >= 0.6 is 23.4 Å². The first-order valence-electron chi connectivity index (χ1n) is 23.1. The summed E-state index contributed by atoms with van der Waals surface area (Å²) in [5, 5.41) is 24.6. The number of carbonyl (C=O) groups excluding carboxylic acids is 1. The van der Waals surface area contributed by atoms with E-state index in [2.05, 4.69) is 144 Å². The molecule has 6 fully saturated rings. The Morgan fingerprint density at radius 3 is 2.43 bits per heavy atom. The van der Waals surface area contributed by atoms with Crippen molar-refractivity contribution in [2.75, 3.05) is 39.3 Å². The summed E-state index contributed by atoms with van der Waals surface area (Å²) in [6.07, 6.45) is 3.06. The van der Waals surface area contributed by atoms with Gasteiger partial charge < -0.3 is 14.8 Å². The van der Waals surface area contributed by atoms with Crippen LogP contribution in [0.1, 0.15) is 84.4 Å². The highest BCUT2D eigenvalue weighted by molar-refractivity contribution is 8.00. The Bertz CT molecular complexity index is 2120. The molecule has 1 amide bonds. The third-order valence-corrected chi connectivity index (χ3v) is 17.1. The summed E-state index contributed by atoms with van der Waals surface area (Å²) < 4.78 is 12.5. The van der Waals surface area contributed by atoms with Gasteiger partial charge in [0, 0.05) is 90.4 Å². The second kappa shape index (κ2) is 18.2.